The second-order valence-corrected chi connectivity index (χ2v) is 17.9. The first-order valence-corrected chi connectivity index (χ1v) is 26.8. The van der Waals surface area contributed by atoms with E-state index in [-0.39, 0.29) is 12.5 Å². The van der Waals surface area contributed by atoms with Gasteiger partial charge in [-0.05, 0) is 103 Å². The molecule has 1 heterocycles. The van der Waals surface area contributed by atoms with Gasteiger partial charge in [-0.1, -0.05) is 200 Å². The van der Waals surface area contributed by atoms with E-state index < -0.39 is 49.5 Å². The van der Waals surface area contributed by atoms with Crippen molar-refractivity contribution < 1.29 is 39.8 Å². The van der Waals surface area contributed by atoms with Crippen molar-refractivity contribution in [3.63, 3.8) is 0 Å². The Balaban J connectivity index is 2.25. The van der Waals surface area contributed by atoms with Crippen molar-refractivity contribution in [3.8, 4) is 0 Å². The molecule has 386 valence electrons. The normalized spacial score (nSPS) is 20.6. The second-order valence-electron chi connectivity index (χ2n) is 17.9. The fourth-order valence-corrected chi connectivity index (χ4v) is 7.52. The van der Waals surface area contributed by atoms with E-state index in [1.165, 1.54) is 57.8 Å². The SMILES string of the molecule is CC/C=C\C/C=C\C/C=C\C/C=C\C/C=C\C/C=C\C/C=C\CCCCCCCCCCCC(=O)NC(COC1OC(CO)C(O)C(O)C1O)C(O)/C=C/CC/C=C/CC/C=C/CCCCCC. The standard InChI is InChI=1S/C59H97NO8/c1-3-5-7-9-11-13-15-17-19-20-21-22-23-24-25-26-27-28-29-30-31-32-33-34-35-37-39-41-43-45-47-49-55(63)60-52(51-67-59-58(66)57(65)56(64)54(50-61)68-59)53(62)48-46-44-42-40-38-36-18-16-14-12-10-8-6-4-2/h5,7,11,13-14,16-17,19,21-22,24-25,27-28,30-31,38,40,46,48,52-54,56-59,61-62,64-66H,3-4,6,8-10,12,15,18,20,23,26,29,32-37,39,41-45,47,49-51H2,1-2H3,(H,60,63)/b7-5-,13-11-,16-14+,19-17-,22-21-,25-24-,28-27-,31-30-,40-38+,48-46+. The molecule has 0 radical (unpaired) electrons. The lowest BCUT2D eigenvalue weighted by molar-refractivity contribution is -0.302. The Morgan fingerprint density at radius 2 is 0.926 bits per heavy atom. The van der Waals surface area contributed by atoms with E-state index in [2.05, 4.69) is 129 Å². The maximum atomic E-state index is 13.0. The minimum absolute atomic E-state index is 0.204. The Bertz CT molecular complexity index is 1470. The number of carbonyl (C=O) groups is 1. The van der Waals surface area contributed by atoms with Crippen LogP contribution in [0.15, 0.2) is 122 Å². The Labute approximate surface area is 414 Å². The van der Waals surface area contributed by atoms with Gasteiger partial charge < -0.3 is 40.3 Å². The first kappa shape index (κ1) is 62.6. The van der Waals surface area contributed by atoms with Crippen LogP contribution in [-0.2, 0) is 14.3 Å². The molecular formula is C59H97NO8. The largest absolute Gasteiger partial charge is 0.394 e. The lowest BCUT2D eigenvalue weighted by Gasteiger charge is -2.40. The Hall–Kier alpha value is -3.41. The summed E-state index contributed by atoms with van der Waals surface area (Å²) in [5.41, 5.74) is 0. The Morgan fingerprint density at radius 1 is 0.515 bits per heavy atom. The molecule has 7 atom stereocenters. The molecule has 6 N–H and O–H groups in total. The van der Waals surface area contributed by atoms with Crippen molar-refractivity contribution in [2.45, 2.75) is 230 Å². The van der Waals surface area contributed by atoms with Crippen molar-refractivity contribution in [3.05, 3.63) is 122 Å². The number of hydrogen-bond donors (Lipinski definition) is 6. The molecule has 0 aliphatic carbocycles. The zero-order valence-electron chi connectivity index (χ0n) is 42.6. The van der Waals surface area contributed by atoms with Gasteiger partial charge in [0.2, 0.25) is 5.91 Å². The molecule has 68 heavy (non-hydrogen) atoms. The highest BCUT2D eigenvalue weighted by Gasteiger charge is 2.44. The van der Waals surface area contributed by atoms with Crippen molar-refractivity contribution in [1.82, 2.24) is 5.32 Å². The average Bonchev–Trinajstić information content (AvgIpc) is 3.34. The number of carbonyl (C=O) groups excluding carboxylic acids is 1. The van der Waals surface area contributed by atoms with Crippen LogP contribution in [0.3, 0.4) is 0 Å². The van der Waals surface area contributed by atoms with E-state index in [1.807, 2.05) is 6.08 Å². The molecule has 1 aliphatic rings. The van der Waals surface area contributed by atoms with E-state index in [0.717, 1.165) is 109 Å². The van der Waals surface area contributed by atoms with Crippen molar-refractivity contribution in [2.75, 3.05) is 13.2 Å². The Morgan fingerprint density at radius 3 is 1.41 bits per heavy atom. The zero-order valence-corrected chi connectivity index (χ0v) is 42.6. The van der Waals surface area contributed by atoms with Crippen LogP contribution in [0.25, 0.3) is 0 Å². The molecule has 0 saturated carbocycles. The van der Waals surface area contributed by atoms with Crippen LogP contribution in [0.2, 0.25) is 0 Å². The third-order valence-electron chi connectivity index (χ3n) is 11.7. The van der Waals surface area contributed by atoms with E-state index in [4.69, 9.17) is 9.47 Å². The summed E-state index contributed by atoms with van der Waals surface area (Å²) in [5.74, 6) is -0.204. The minimum Gasteiger partial charge on any atom is -0.394 e. The smallest absolute Gasteiger partial charge is 0.220 e. The quantitative estimate of drug-likeness (QED) is 0.0261. The van der Waals surface area contributed by atoms with Crippen molar-refractivity contribution >= 4 is 5.91 Å². The van der Waals surface area contributed by atoms with Gasteiger partial charge in [-0.25, -0.2) is 0 Å². The summed E-state index contributed by atoms with van der Waals surface area (Å²) in [7, 11) is 0. The molecule has 7 unspecified atom stereocenters. The van der Waals surface area contributed by atoms with E-state index >= 15 is 0 Å². The lowest BCUT2D eigenvalue weighted by atomic mass is 9.99. The number of nitrogens with one attached hydrogen (secondary N) is 1. The van der Waals surface area contributed by atoms with Crippen LogP contribution in [0.4, 0.5) is 0 Å². The van der Waals surface area contributed by atoms with Gasteiger partial charge in [-0.3, -0.25) is 4.79 Å². The highest BCUT2D eigenvalue weighted by atomic mass is 16.7. The van der Waals surface area contributed by atoms with Gasteiger partial charge in [-0.15, -0.1) is 0 Å². The van der Waals surface area contributed by atoms with Crippen LogP contribution in [-0.4, -0.2) is 87.5 Å². The van der Waals surface area contributed by atoms with E-state index in [9.17, 15) is 30.3 Å². The molecule has 0 aromatic rings. The van der Waals surface area contributed by atoms with Crippen molar-refractivity contribution in [1.29, 1.82) is 0 Å². The summed E-state index contributed by atoms with van der Waals surface area (Å²) in [6, 6.07) is -0.839. The van der Waals surface area contributed by atoms with Crippen LogP contribution >= 0.6 is 0 Å². The maximum absolute atomic E-state index is 13.0. The number of hydrogen-bond acceptors (Lipinski definition) is 8. The summed E-state index contributed by atoms with van der Waals surface area (Å²) in [4.78, 5) is 13.0. The third-order valence-corrected chi connectivity index (χ3v) is 11.7. The van der Waals surface area contributed by atoms with Gasteiger partial charge in [0.25, 0.3) is 0 Å². The number of ether oxygens (including phenoxy) is 2. The monoisotopic (exact) mass is 948 g/mol. The number of allylic oxidation sites excluding steroid dienone is 19. The van der Waals surface area contributed by atoms with E-state index in [0.29, 0.717) is 6.42 Å². The molecule has 9 heteroatoms. The van der Waals surface area contributed by atoms with Gasteiger partial charge in [0, 0.05) is 6.42 Å². The van der Waals surface area contributed by atoms with Gasteiger partial charge in [-0.2, -0.15) is 0 Å². The van der Waals surface area contributed by atoms with Crippen LogP contribution in [0, 0.1) is 0 Å². The summed E-state index contributed by atoms with van der Waals surface area (Å²) in [5, 5.41) is 54.3. The molecule has 1 fully saturated rings. The highest BCUT2D eigenvalue weighted by molar-refractivity contribution is 5.76. The third kappa shape index (κ3) is 36.6. The number of rotatable bonds is 43. The number of unbranched alkanes of at least 4 members (excludes halogenated alkanes) is 15. The fraction of sp³-hybridized carbons (Fsp3) is 0.644. The second kappa shape index (κ2) is 47.3. The molecule has 1 amide bonds. The van der Waals surface area contributed by atoms with Gasteiger partial charge in [0.15, 0.2) is 6.29 Å². The maximum Gasteiger partial charge on any atom is 0.220 e. The predicted octanol–water partition coefficient (Wildman–Crippen LogP) is 12.8. The van der Waals surface area contributed by atoms with Crippen LogP contribution < -0.4 is 5.32 Å². The molecule has 9 nitrogen and oxygen atoms in total. The van der Waals surface area contributed by atoms with Gasteiger partial charge in [0.05, 0.1) is 25.4 Å². The molecule has 1 saturated heterocycles. The molecule has 0 spiro atoms. The highest BCUT2D eigenvalue weighted by Crippen LogP contribution is 2.22. The topological polar surface area (TPSA) is 149 Å². The van der Waals surface area contributed by atoms with E-state index in [1.54, 1.807) is 6.08 Å². The summed E-state index contributed by atoms with van der Waals surface area (Å²) >= 11 is 0. The molecular weight excluding hydrogens is 851 g/mol. The minimum atomic E-state index is -1.58. The van der Waals surface area contributed by atoms with Crippen LogP contribution in [0.1, 0.15) is 187 Å². The zero-order chi connectivity index (χ0) is 49.4. The summed E-state index contributed by atoms with van der Waals surface area (Å²) < 4.78 is 11.2. The number of aliphatic hydroxyl groups excluding tert-OH is 5. The molecule has 1 aliphatic heterocycles. The lowest BCUT2D eigenvalue weighted by Crippen LogP contribution is -2.60. The first-order valence-electron chi connectivity index (χ1n) is 26.8. The molecule has 0 aromatic heterocycles. The van der Waals surface area contributed by atoms with Gasteiger partial charge >= 0.3 is 0 Å². The molecule has 0 bridgehead atoms. The summed E-state index contributed by atoms with van der Waals surface area (Å²) in [6.45, 7) is 3.59. The summed E-state index contributed by atoms with van der Waals surface area (Å²) in [6.07, 6.45) is 63.9. The van der Waals surface area contributed by atoms with Crippen molar-refractivity contribution in [2.24, 2.45) is 0 Å². The molecule has 1 rings (SSSR count). The number of aliphatic hydroxyl groups is 5. The fourth-order valence-electron chi connectivity index (χ4n) is 7.52. The van der Waals surface area contributed by atoms with Gasteiger partial charge in [0.1, 0.15) is 24.4 Å². The molecule has 0 aromatic carbocycles. The number of amides is 1. The first-order chi connectivity index (χ1) is 33.3. The Kier molecular flexibility index (Phi) is 43.5. The van der Waals surface area contributed by atoms with Crippen LogP contribution in [0.5, 0.6) is 0 Å². The predicted molar refractivity (Wildman–Crippen MR) is 285 cm³/mol. The average molecular weight is 948 g/mol.